The molecule has 6 heterocycles. The van der Waals surface area contributed by atoms with Crippen molar-refractivity contribution in [2.45, 2.75) is 0 Å². The van der Waals surface area contributed by atoms with Crippen molar-refractivity contribution in [1.29, 1.82) is 0 Å². The van der Waals surface area contributed by atoms with Gasteiger partial charge in [0.1, 0.15) is 0 Å². The van der Waals surface area contributed by atoms with Crippen LogP contribution in [-0.2, 0) is 0 Å². The lowest BCUT2D eigenvalue weighted by Gasteiger charge is -2.10. The number of rotatable bonds is 5. The Hall–Kier alpha value is -6.92. The summed E-state index contributed by atoms with van der Waals surface area (Å²) in [6.45, 7) is 0. The summed E-state index contributed by atoms with van der Waals surface area (Å²) < 4.78 is 4.47. The molecule has 0 saturated heterocycles. The lowest BCUT2D eigenvalue weighted by atomic mass is 9.98. The topological polar surface area (TPSA) is 61.4 Å². The predicted molar refractivity (Wildman–Crippen MR) is 203 cm³/mol. The molecule has 6 aromatic heterocycles. The summed E-state index contributed by atoms with van der Waals surface area (Å²) in [5.74, 6) is 0. The molecule has 0 saturated carbocycles. The van der Waals surface area contributed by atoms with Gasteiger partial charge in [-0.2, -0.15) is 0 Å². The minimum Gasteiger partial charge on any atom is -0.306 e. The lowest BCUT2D eigenvalue weighted by Crippen LogP contribution is -1.94. The molecule has 10 aromatic rings. The van der Waals surface area contributed by atoms with Gasteiger partial charge in [-0.15, -0.1) is 0 Å². The number of hydrogen-bond acceptors (Lipinski definition) is 4. The van der Waals surface area contributed by atoms with Crippen molar-refractivity contribution in [2.24, 2.45) is 0 Å². The number of hydrogen-bond donors (Lipinski definition) is 0. The van der Waals surface area contributed by atoms with Gasteiger partial charge in [0.25, 0.3) is 0 Å². The highest BCUT2D eigenvalue weighted by atomic mass is 15.0. The van der Waals surface area contributed by atoms with E-state index in [9.17, 15) is 0 Å². The molecular formula is C44H28N6. The molecule has 0 aliphatic carbocycles. The standard InChI is InChI=1S/C44H28N6/c1-3-39-43(47-23-1)37-21-25-45-27-41(37)49(39)35-17-13-33(14-18-35)31-9-5-29(6-10-31)30-7-11-32(12-8-30)34-15-19-36(20-16-34)50-40-4-2-24-48-44(40)38-22-26-46-28-42(38)50/h1-28H. The Morgan fingerprint density at radius 1 is 0.320 bits per heavy atom. The molecule has 10 rings (SSSR count). The highest BCUT2D eigenvalue weighted by molar-refractivity contribution is 6.07. The molecule has 0 unspecified atom stereocenters. The minimum absolute atomic E-state index is 0.988. The van der Waals surface area contributed by atoms with Gasteiger partial charge in [0.15, 0.2) is 0 Å². The first-order valence-corrected chi connectivity index (χ1v) is 16.6. The molecule has 0 spiro atoms. The summed E-state index contributed by atoms with van der Waals surface area (Å²) in [5, 5.41) is 2.21. The molecule has 0 aliphatic heterocycles. The van der Waals surface area contributed by atoms with Gasteiger partial charge in [0.2, 0.25) is 0 Å². The average Bonchev–Trinajstić information content (AvgIpc) is 3.71. The van der Waals surface area contributed by atoms with Crippen molar-refractivity contribution in [2.75, 3.05) is 0 Å². The maximum atomic E-state index is 4.65. The first-order chi connectivity index (χ1) is 24.8. The molecule has 0 fully saturated rings. The van der Waals surface area contributed by atoms with Crippen LogP contribution in [0.3, 0.4) is 0 Å². The molecule has 6 heteroatoms. The Morgan fingerprint density at radius 3 is 1.02 bits per heavy atom. The summed E-state index contributed by atoms with van der Waals surface area (Å²) in [7, 11) is 0. The van der Waals surface area contributed by atoms with E-state index in [4.69, 9.17) is 0 Å². The zero-order chi connectivity index (χ0) is 33.0. The highest BCUT2D eigenvalue weighted by Gasteiger charge is 2.14. The van der Waals surface area contributed by atoms with Crippen LogP contribution in [0.15, 0.2) is 171 Å². The zero-order valence-electron chi connectivity index (χ0n) is 26.8. The molecule has 4 aromatic carbocycles. The minimum atomic E-state index is 0.988. The fourth-order valence-corrected chi connectivity index (χ4v) is 7.23. The Balaban J connectivity index is 0.893. The van der Waals surface area contributed by atoms with Crippen LogP contribution in [0.5, 0.6) is 0 Å². The van der Waals surface area contributed by atoms with E-state index < -0.39 is 0 Å². The van der Waals surface area contributed by atoms with Crippen LogP contribution in [0.2, 0.25) is 0 Å². The first-order valence-electron chi connectivity index (χ1n) is 16.6. The van der Waals surface area contributed by atoms with Crippen LogP contribution in [0.4, 0.5) is 0 Å². The van der Waals surface area contributed by atoms with Crippen LogP contribution < -0.4 is 0 Å². The third-order valence-electron chi connectivity index (χ3n) is 9.67. The van der Waals surface area contributed by atoms with E-state index in [0.717, 1.165) is 55.2 Å². The van der Waals surface area contributed by atoms with E-state index in [0.29, 0.717) is 0 Å². The second kappa shape index (κ2) is 11.4. The normalized spacial score (nSPS) is 11.6. The third-order valence-corrected chi connectivity index (χ3v) is 9.67. The van der Waals surface area contributed by atoms with Crippen LogP contribution >= 0.6 is 0 Å². The van der Waals surface area contributed by atoms with E-state index in [2.05, 4.69) is 138 Å². The van der Waals surface area contributed by atoms with E-state index >= 15 is 0 Å². The summed E-state index contributed by atoms with van der Waals surface area (Å²) in [5.41, 5.74) is 15.5. The van der Waals surface area contributed by atoms with Crippen molar-refractivity contribution in [1.82, 2.24) is 29.1 Å². The zero-order valence-corrected chi connectivity index (χ0v) is 26.8. The van der Waals surface area contributed by atoms with Crippen molar-refractivity contribution >= 4 is 43.9 Å². The van der Waals surface area contributed by atoms with Crippen molar-refractivity contribution in [3.05, 3.63) is 171 Å². The van der Waals surface area contributed by atoms with Crippen LogP contribution in [0.25, 0.3) is 88.6 Å². The smallest absolute Gasteiger partial charge is 0.0964 e. The highest BCUT2D eigenvalue weighted by Crippen LogP contribution is 2.34. The van der Waals surface area contributed by atoms with Gasteiger partial charge in [-0.25, -0.2) is 0 Å². The molecule has 0 aliphatic rings. The molecule has 0 N–H and O–H groups in total. The van der Waals surface area contributed by atoms with E-state index in [1.807, 2.05) is 61.4 Å². The van der Waals surface area contributed by atoms with Gasteiger partial charge in [-0.3, -0.25) is 19.9 Å². The second-order valence-corrected chi connectivity index (χ2v) is 12.4. The number of aromatic nitrogens is 6. The van der Waals surface area contributed by atoms with Crippen LogP contribution in [0.1, 0.15) is 0 Å². The van der Waals surface area contributed by atoms with Crippen molar-refractivity contribution in [3.8, 4) is 44.8 Å². The maximum absolute atomic E-state index is 4.65. The Labute approximate surface area is 287 Å². The first kappa shape index (κ1) is 28.1. The lowest BCUT2D eigenvalue weighted by molar-refractivity contribution is 1.16. The van der Waals surface area contributed by atoms with Gasteiger partial charge < -0.3 is 9.13 Å². The number of benzene rings is 4. The van der Waals surface area contributed by atoms with E-state index in [-0.39, 0.29) is 0 Å². The van der Waals surface area contributed by atoms with E-state index in [1.54, 1.807) is 0 Å². The fraction of sp³-hybridized carbons (Fsp3) is 0. The second-order valence-electron chi connectivity index (χ2n) is 12.4. The van der Waals surface area contributed by atoms with Crippen LogP contribution in [-0.4, -0.2) is 29.1 Å². The molecule has 0 bridgehead atoms. The number of pyridine rings is 4. The van der Waals surface area contributed by atoms with Crippen molar-refractivity contribution in [3.63, 3.8) is 0 Å². The van der Waals surface area contributed by atoms with Gasteiger partial charge in [0.05, 0.1) is 45.5 Å². The van der Waals surface area contributed by atoms with E-state index in [1.165, 1.54) is 33.4 Å². The summed E-state index contributed by atoms with van der Waals surface area (Å²) in [4.78, 5) is 18.1. The fourth-order valence-electron chi connectivity index (χ4n) is 7.23. The Morgan fingerprint density at radius 2 is 0.660 bits per heavy atom. The SMILES string of the molecule is c1cnc2c3ccncc3n(-c3ccc(-c4ccc(-c5ccc(-c6ccc(-n7c8cnccc8c8ncccc87)cc6)cc5)cc4)cc3)c2c1. The van der Waals surface area contributed by atoms with Crippen molar-refractivity contribution < 1.29 is 0 Å². The summed E-state index contributed by atoms with van der Waals surface area (Å²) in [6.07, 6.45) is 11.2. The maximum Gasteiger partial charge on any atom is 0.0964 e. The largest absolute Gasteiger partial charge is 0.306 e. The van der Waals surface area contributed by atoms with Gasteiger partial charge >= 0.3 is 0 Å². The molecular weight excluding hydrogens is 613 g/mol. The third kappa shape index (κ3) is 4.50. The molecule has 0 atom stereocenters. The Kier molecular flexibility index (Phi) is 6.39. The molecule has 0 radical (unpaired) electrons. The Bertz CT molecular complexity index is 2520. The molecule has 234 valence electrons. The number of fused-ring (bicyclic) bond motifs is 6. The average molecular weight is 641 g/mol. The monoisotopic (exact) mass is 640 g/mol. The molecule has 0 amide bonds. The summed E-state index contributed by atoms with van der Waals surface area (Å²) >= 11 is 0. The van der Waals surface area contributed by atoms with Gasteiger partial charge in [0, 0.05) is 46.9 Å². The quantitative estimate of drug-likeness (QED) is 0.188. The van der Waals surface area contributed by atoms with Crippen LogP contribution in [0, 0.1) is 0 Å². The van der Waals surface area contributed by atoms with Gasteiger partial charge in [-0.1, -0.05) is 72.8 Å². The predicted octanol–water partition coefficient (Wildman–Crippen LogP) is 10.5. The summed E-state index contributed by atoms with van der Waals surface area (Å²) in [6, 6.07) is 47.3. The molecule has 6 nitrogen and oxygen atoms in total. The van der Waals surface area contributed by atoms with Gasteiger partial charge in [-0.05, 0) is 94.0 Å². The molecule has 50 heavy (non-hydrogen) atoms. The number of nitrogens with zero attached hydrogens (tertiary/aromatic N) is 6.